The Labute approximate surface area is 114 Å². The van der Waals surface area contributed by atoms with Crippen LogP contribution in [0.15, 0.2) is 18.2 Å². The monoisotopic (exact) mass is 261 g/mol. The van der Waals surface area contributed by atoms with Gasteiger partial charge in [0.05, 0.1) is 0 Å². The minimum atomic E-state index is -0.342. The molecule has 0 unspecified atom stereocenters. The zero-order chi connectivity index (χ0) is 13.9. The van der Waals surface area contributed by atoms with E-state index in [0.29, 0.717) is 6.54 Å². The van der Waals surface area contributed by atoms with Crippen LogP contribution in [-0.4, -0.2) is 12.6 Å². The highest BCUT2D eigenvalue weighted by Gasteiger charge is 2.22. The Balaban J connectivity index is 2.13. The number of nitrogens with two attached hydrogens (primary N) is 1. The van der Waals surface area contributed by atoms with Crippen molar-refractivity contribution in [3.05, 3.63) is 34.9 Å². The van der Waals surface area contributed by atoms with Crippen LogP contribution >= 0.6 is 0 Å². The molecule has 4 heteroatoms. The van der Waals surface area contributed by atoms with Crippen LogP contribution in [0.3, 0.4) is 0 Å². The van der Waals surface area contributed by atoms with Gasteiger partial charge in [-0.25, -0.2) is 10.6 Å². The van der Waals surface area contributed by atoms with E-state index in [-0.39, 0.29) is 11.4 Å². The number of hydrazine groups is 1. The van der Waals surface area contributed by atoms with Crippen LogP contribution in [-0.2, 0) is 18.3 Å². The second-order valence-electron chi connectivity index (χ2n) is 5.90. The van der Waals surface area contributed by atoms with E-state index in [1.165, 1.54) is 42.4 Å². The van der Waals surface area contributed by atoms with Gasteiger partial charge in [0.1, 0.15) is 0 Å². The van der Waals surface area contributed by atoms with Crippen molar-refractivity contribution < 1.29 is 4.79 Å². The number of hydrogen-bond donors (Lipinski definition) is 3. The first kappa shape index (κ1) is 13.9. The molecule has 0 saturated heterocycles. The molecule has 0 saturated carbocycles. The van der Waals surface area contributed by atoms with Gasteiger partial charge in [-0.3, -0.25) is 5.43 Å². The third kappa shape index (κ3) is 3.26. The number of hydrogen-bond acceptors (Lipinski definition) is 2. The van der Waals surface area contributed by atoms with E-state index in [0.717, 1.165) is 0 Å². The lowest BCUT2D eigenvalue weighted by Crippen LogP contribution is -2.44. The van der Waals surface area contributed by atoms with Gasteiger partial charge < -0.3 is 5.32 Å². The number of benzene rings is 1. The van der Waals surface area contributed by atoms with Crippen molar-refractivity contribution in [1.29, 1.82) is 0 Å². The molecule has 0 radical (unpaired) electrons. The Morgan fingerprint density at radius 1 is 1.26 bits per heavy atom. The molecule has 2 amide bonds. The first-order valence-corrected chi connectivity index (χ1v) is 6.90. The summed E-state index contributed by atoms with van der Waals surface area (Å²) in [5.74, 6) is 5.07. The van der Waals surface area contributed by atoms with E-state index in [9.17, 15) is 4.79 Å². The van der Waals surface area contributed by atoms with E-state index < -0.39 is 0 Å². The van der Waals surface area contributed by atoms with E-state index in [4.69, 9.17) is 5.84 Å². The maximum atomic E-state index is 11.2. The van der Waals surface area contributed by atoms with Crippen LogP contribution in [0, 0.1) is 0 Å². The molecule has 0 fully saturated rings. The third-order valence-electron chi connectivity index (χ3n) is 3.95. The van der Waals surface area contributed by atoms with Crippen molar-refractivity contribution in [1.82, 2.24) is 10.7 Å². The summed E-state index contributed by atoms with van der Waals surface area (Å²) in [5, 5.41) is 2.78. The lowest BCUT2D eigenvalue weighted by Gasteiger charge is -2.27. The number of fused-ring (bicyclic) bond motifs is 1. The number of amides is 2. The number of carbonyl (C=O) groups excluding carboxylic acids is 1. The second kappa shape index (κ2) is 5.61. The smallest absolute Gasteiger partial charge is 0.328 e. The maximum absolute atomic E-state index is 11.2. The summed E-state index contributed by atoms with van der Waals surface area (Å²) in [5.41, 5.74) is 6.22. The van der Waals surface area contributed by atoms with Crippen molar-refractivity contribution in [2.24, 2.45) is 5.84 Å². The SMILES string of the molecule is CC(C)(CNC(=O)NN)c1ccc2c(c1)CCCC2. The van der Waals surface area contributed by atoms with Gasteiger partial charge in [0.2, 0.25) is 0 Å². The molecule has 0 bridgehead atoms. The topological polar surface area (TPSA) is 67.2 Å². The largest absolute Gasteiger partial charge is 0.336 e. The molecule has 19 heavy (non-hydrogen) atoms. The molecular weight excluding hydrogens is 238 g/mol. The molecule has 1 aliphatic rings. The zero-order valence-electron chi connectivity index (χ0n) is 11.8. The van der Waals surface area contributed by atoms with E-state index in [1.807, 2.05) is 0 Å². The highest BCUT2D eigenvalue weighted by Crippen LogP contribution is 2.28. The molecule has 2 rings (SSSR count). The highest BCUT2D eigenvalue weighted by atomic mass is 16.2. The number of carbonyl (C=O) groups is 1. The molecule has 0 spiro atoms. The predicted molar refractivity (Wildman–Crippen MR) is 76.8 cm³/mol. The summed E-state index contributed by atoms with van der Waals surface area (Å²) in [6, 6.07) is 6.39. The lowest BCUT2D eigenvalue weighted by molar-refractivity contribution is 0.238. The molecule has 1 aliphatic carbocycles. The molecule has 0 atom stereocenters. The fourth-order valence-electron chi connectivity index (χ4n) is 2.61. The van der Waals surface area contributed by atoms with E-state index in [1.54, 1.807) is 0 Å². The Bertz CT molecular complexity index is 468. The molecule has 104 valence electrons. The Morgan fingerprint density at radius 3 is 2.63 bits per heavy atom. The van der Waals surface area contributed by atoms with Crippen molar-refractivity contribution in [3.63, 3.8) is 0 Å². The van der Waals surface area contributed by atoms with Gasteiger partial charge in [-0.2, -0.15) is 0 Å². The van der Waals surface area contributed by atoms with E-state index >= 15 is 0 Å². The average molecular weight is 261 g/mol. The lowest BCUT2D eigenvalue weighted by atomic mass is 9.81. The van der Waals surface area contributed by atoms with Crippen LogP contribution in [0.2, 0.25) is 0 Å². The standard InChI is InChI=1S/C15H23N3O/c1-15(2,10-17-14(19)18-16)13-8-7-11-5-3-4-6-12(11)9-13/h7-9H,3-6,10,16H2,1-2H3,(H2,17,18,19). The minimum Gasteiger partial charge on any atom is -0.336 e. The fourth-order valence-corrected chi connectivity index (χ4v) is 2.61. The number of nitrogens with one attached hydrogen (secondary N) is 2. The van der Waals surface area contributed by atoms with Gasteiger partial charge in [0, 0.05) is 12.0 Å². The molecule has 0 aromatic heterocycles. The van der Waals surface area contributed by atoms with Crippen LogP contribution < -0.4 is 16.6 Å². The second-order valence-corrected chi connectivity index (χ2v) is 5.90. The van der Waals surface area contributed by atoms with Crippen LogP contribution in [0.25, 0.3) is 0 Å². The van der Waals surface area contributed by atoms with Crippen LogP contribution in [0.4, 0.5) is 4.79 Å². The molecule has 1 aromatic rings. The average Bonchev–Trinajstić information content (AvgIpc) is 2.44. The van der Waals surface area contributed by atoms with E-state index in [2.05, 4.69) is 42.8 Å². The number of urea groups is 1. The first-order valence-electron chi connectivity index (χ1n) is 6.90. The Hall–Kier alpha value is -1.55. The number of rotatable bonds is 3. The number of aryl methyl sites for hydroxylation is 2. The van der Waals surface area contributed by atoms with Crippen LogP contribution in [0.5, 0.6) is 0 Å². The molecule has 0 heterocycles. The van der Waals surface area contributed by atoms with Crippen molar-refractivity contribution in [2.45, 2.75) is 44.9 Å². The van der Waals surface area contributed by atoms with Crippen molar-refractivity contribution in [2.75, 3.05) is 6.54 Å². The quantitative estimate of drug-likeness (QED) is 0.443. The summed E-state index contributed by atoms with van der Waals surface area (Å²) >= 11 is 0. The summed E-state index contributed by atoms with van der Waals surface area (Å²) < 4.78 is 0. The molecule has 0 aliphatic heterocycles. The van der Waals surface area contributed by atoms with Gasteiger partial charge in [0.25, 0.3) is 0 Å². The normalized spacial score (nSPS) is 14.7. The predicted octanol–water partition coefficient (Wildman–Crippen LogP) is 2.02. The molecular formula is C15H23N3O. The van der Waals surface area contributed by atoms with Crippen LogP contribution in [0.1, 0.15) is 43.4 Å². The zero-order valence-corrected chi connectivity index (χ0v) is 11.8. The first-order chi connectivity index (χ1) is 9.03. The fraction of sp³-hybridized carbons (Fsp3) is 0.533. The summed E-state index contributed by atoms with van der Waals surface area (Å²) in [7, 11) is 0. The Morgan fingerprint density at radius 2 is 1.95 bits per heavy atom. The third-order valence-corrected chi connectivity index (χ3v) is 3.95. The minimum absolute atomic E-state index is 0.0982. The summed E-state index contributed by atoms with van der Waals surface area (Å²) in [4.78, 5) is 11.2. The van der Waals surface area contributed by atoms with Gasteiger partial charge >= 0.3 is 6.03 Å². The van der Waals surface area contributed by atoms with Gasteiger partial charge in [-0.1, -0.05) is 32.0 Å². The Kier molecular flexibility index (Phi) is 4.10. The van der Waals surface area contributed by atoms with Crippen molar-refractivity contribution >= 4 is 6.03 Å². The van der Waals surface area contributed by atoms with Gasteiger partial charge in [-0.05, 0) is 42.4 Å². The molecule has 4 nitrogen and oxygen atoms in total. The van der Waals surface area contributed by atoms with Crippen molar-refractivity contribution in [3.8, 4) is 0 Å². The maximum Gasteiger partial charge on any atom is 0.328 e. The highest BCUT2D eigenvalue weighted by molar-refractivity contribution is 5.73. The van der Waals surface area contributed by atoms with Gasteiger partial charge in [0.15, 0.2) is 0 Å². The summed E-state index contributed by atoms with van der Waals surface area (Å²) in [6.07, 6.45) is 4.96. The van der Waals surface area contributed by atoms with Gasteiger partial charge in [-0.15, -0.1) is 0 Å². The summed E-state index contributed by atoms with van der Waals surface area (Å²) in [6.45, 7) is 4.83. The molecule has 4 N–H and O–H groups in total. The molecule has 1 aromatic carbocycles.